The summed E-state index contributed by atoms with van der Waals surface area (Å²) < 4.78 is 5.22. The first-order chi connectivity index (χ1) is 9.00. The van der Waals surface area contributed by atoms with Gasteiger partial charge in [-0.3, -0.25) is 4.79 Å². The Morgan fingerprint density at radius 3 is 2.84 bits per heavy atom. The van der Waals surface area contributed by atoms with E-state index < -0.39 is 5.97 Å². The van der Waals surface area contributed by atoms with E-state index in [1.165, 1.54) is 23.0 Å². The van der Waals surface area contributed by atoms with Gasteiger partial charge in [-0.25, -0.2) is 9.48 Å². The molecule has 0 spiro atoms. The molecule has 0 bridgehead atoms. The third kappa shape index (κ3) is 2.57. The van der Waals surface area contributed by atoms with Gasteiger partial charge < -0.3 is 10.0 Å². The lowest BCUT2D eigenvalue weighted by Gasteiger charge is -2.15. The highest BCUT2D eigenvalue weighted by Gasteiger charge is 2.24. The van der Waals surface area contributed by atoms with Crippen LogP contribution in [0.5, 0.6) is 0 Å². The number of nitrogens with zero attached hydrogens (tertiary/aromatic N) is 6. The summed E-state index contributed by atoms with van der Waals surface area (Å²) >= 11 is 0.967. The summed E-state index contributed by atoms with van der Waals surface area (Å²) in [5.41, 5.74) is 0.423. The molecule has 0 saturated carbocycles. The van der Waals surface area contributed by atoms with Crippen LogP contribution in [0.4, 0.5) is 5.00 Å². The molecule has 1 amide bonds. The van der Waals surface area contributed by atoms with Crippen molar-refractivity contribution in [2.75, 3.05) is 11.9 Å². The first-order valence-electron chi connectivity index (χ1n) is 5.17. The number of anilines is 1. The van der Waals surface area contributed by atoms with E-state index in [1.54, 1.807) is 6.92 Å². The van der Waals surface area contributed by atoms with Crippen molar-refractivity contribution in [3.63, 3.8) is 0 Å². The predicted octanol–water partition coefficient (Wildman–Crippen LogP) is -0.201. The molecule has 0 aliphatic carbocycles. The molecule has 0 aliphatic heterocycles. The Balaban J connectivity index is 2.22. The zero-order chi connectivity index (χ0) is 14.0. The van der Waals surface area contributed by atoms with Crippen molar-refractivity contribution >= 4 is 28.4 Å². The highest BCUT2D eigenvalue weighted by atomic mass is 32.1. The molecule has 2 aromatic rings. The Morgan fingerprint density at radius 1 is 1.53 bits per heavy atom. The number of hydrogen-bond donors (Lipinski definition) is 1. The van der Waals surface area contributed by atoms with Gasteiger partial charge in [-0.15, -0.1) is 5.10 Å². The van der Waals surface area contributed by atoms with Crippen molar-refractivity contribution in [1.82, 2.24) is 24.6 Å². The quantitative estimate of drug-likeness (QED) is 0.825. The molecule has 0 aliphatic rings. The maximum absolute atomic E-state index is 12.0. The third-order valence-electron chi connectivity index (χ3n) is 2.43. The number of carbonyl (C=O) groups is 2. The van der Waals surface area contributed by atoms with Gasteiger partial charge in [0.15, 0.2) is 0 Å². The number of amides is 1. The highest BCUT2D eigenvalue weighted by molar-refractivity contribution is 7.11. The number of aromatic nitrogens is 5. The lowest BCUT2D eigenvalue weighted by Crippen LogP contribution is -2.30. The fourth-order valence-electron chi connectivity index (χ4n) is 1.44. The van der Waals surface area contributed by atoms with Crippen LogP contribution in [0.2, 0.25) is 0 Å². The monoisotopic (exact) mass is 282 g/mol. The lowest BCUT2D eigenvalue weighted by molar-refractivity contribution is -0.119. The molecule has 0 unspecified atom stereocenters. The number of likely N-dealkylation sites (N-methyl/N-ethyl adjacent to an activating group) is 1. The number of hydrogen-bond acceptors (Lipinski definition) is 7. The van der Waals surface area contributed by atoms with Gasteiger partial charge in [-0.2, -0.15) is 4.37 Å². The smallest absolute Gasteiger partial charge is 0.340 e. The summed E-state index contributed by atoms with van der Waals surface area (Å²) in [5.74, 6) is -1.44. The largest absolute Gasteiger partial charge is 0.478 e. The van der Waals surface area contributed by atoms with Crippen molar-refractivity contribution in [3.8, 4) is 0 Å². The van der Waals surface area contributed by atoms with Gasteiger partial charge in [0, 0.05) is 7.05 Å². The van der Waals surface area contributed by atoms with E-state index in [0.29, 0.717) is 10.7 Å². The fraction of sp³-hybridized carbons (Fsp3) is 0.333. The molecule has 100 valence electrons. The summed E-state index contributed by atoms with van der Waals surface area (Å²) in [5, 5.41) is 19.8. The Bertz CT molecular complexity index is 608. The van der Waals surface area contributed by atoms with Crippen LogP contribution >= 0.6 is 11.5 Å². The molecule has 1 N–H and O–H groups in total. The van der Waals surface area contributed by atoms with Crippen LogP contribution in [0.15, 0.2) is 6.33 Å². The van der Waals surface area contributed by atoms with Gasteiger partial charge in [0.2, 0.25) is 5.91 Å². The zero-order valence-electron chi connectivity index (χ0n) is 10.1. The maximum atomic E-state index is 12.0. The van der Waals surface area contributed by atoms with Gasteiger partial charge in [-0.1, -0.05) is 0 Å². The Hall–Kier alpha value is -2.36. The molecule has 19 heavy (non-hydrogen) atoms. The van der Waals surface area contributed by atoms with Crippen molar-refractivity contribution in [2.24, 2.45) is 0 Å². The van der Waals surface area contributed by atoms with Crippen LogP contribution in [-0.4, -0.2) is 48.6 Å². The van der Waals surface area contributed by atoms with Crippen LogP contribution < -0.4 is 4.90 Å². The van der Waals surface area contributed by atoms with E-state index in [4.69, 9.17) is 5.11 Å². The predicted molar refractivity (Wildman–Crippen MR) is 65.0 cm³/mol. The summed E-state index contributed by atoms with van der Waals surface area (Å²) in [6, 6.07) is 0. The number of rotatable bonds is 4. The van der Waals surface area contributed by atoms with Gasteiger partial charge in [0.25, 0.3) is 0 Å². The van der Waals surface area contributed by atoms with E-state index in [0.717, 1.165) is 11.5 Å². The average molecular weight is 282 g/mol. The number of carboxylic acid groups (broad SMARTS) is 1. The van der Waals surface area contributed by atoms with Crippen molar-refractivity contribution in [3.05, 3.63) is 17.6 Å². The second kappa shape index (κ2) is 5.10. The second-order valence-electron chi connectivity index (χ2n) is 3.71. The number of aryl methyl sites for hydroxylation is 1. The van der Waals surface area contributed by atoms with Gasteiger partial charge in [0.1, 0.15) is 23.4 Å². The van der Waals surface area contributed by atoms with Crippen molar-refractivity contribution in [1.29, 1.82) is 0 Å². The highest BCUT2D eigenvalue weighted by Crippen LogP contribution is 2.27. The molecular formula is C9H10N6O3S. The molecule has 2 aromatic heterocycles. The van der Waals surface area contributed by atoms with Crippen LogP contribution in [0.1, 0.15) is 16.1 Å². The molecule has 0 radical (unpaired) electrons. The zero-order valence-corrected chi connectivity index (χ0v) is 11.0. The van der Waals surface area contributed by atoms with E-state index in [2.05, 4.69) is 19.9 Å². The maximum Gasteiger partial charge on any atom is 0.340 e. The fourth-order valence-corrected chi connectivity index (χ4v) is 2.31. The summed E-state index contributed by atoms with van der Waals surface area (Å²) in [6.07, 6.45) is 1.31. The van der Waals surface area contributed by atoms with Gasteiger partial charge >= 0.3 is 5.97 Å². The number of carbonyl (C=O) groups excluding carboxylic acids is 1. The molecule has 0 saturated heterocycles. The summed E-state index contributed by atoms with van der Waals surface area (Å²) in [6.45, 7) is 1.52. The molecule has 0 fully saturated rings. The van der Waals surface area contributed by atoms with Crippen LogP contribution in [-0.2, 0) is 11.3 Å². The van der Waals surface area contributed by atoms with E-state index in [1.807, 2.05) is 0 Å². The molecule has 2 rings (SSSR count). The van der Waals surface area contributed by atoms with Crippen molar-refractivity contribution in [2.45, 2.75) is 13.5 Å². The standard InChI is InChI=1S/C9H10N6O3S/c1-5-7(9(17)18)8(19-11-5)14(2)6(16)3-15-4-10-12-13-15/h4H,3H2,1-2H3,(H,17,18). The van der Waals surface area contributed by atoms with Crippen molar-refractivity contribution < 1.29 is 14.7 Å². The topological polar surface area (TPSA) is 114 Å². The normalized spacial score (nSPS) is 10.4. The van der Waals surface area contributed by atoms with E-state index in [-0.39, 0.29) is 18.0 Å². The average Bonchev–Trinajstić information content (AvgIpc) is 2.97. The van der Waals surface area contributed by atoms with E-state index >= 15 is 0 Å². The van der Waals surface area contributed by atoms with Crippen LogP contribution in [0.3, 0.4) is 0 Å². The summed E-state index contributed by atoms with van der Waals surface area (Å²) in [7, 11) is 1.49. The second-order valence-corrected chi connectivity index (χ2v) is 4.47. The Kier molecular flexibility index (Phi) is 3.51. The van der Waals surface area contributed by atoms with Gasteiger partial charge in [-0.05, 0) is 28.9 Å². The van der Waals surface area contributed by atoms with E-state index in [9.17, 15) is 9.59 Å². The number of tetrazole rings is 1. The van der Waals surface area contributed by atoms with Crippen LogP contribution in [0.25, 0.3) is 0 Å². The minimum atomic E-state index is -1.11. The first kappa shape index (κ1) is 13.1. The number of carboxylic acids is 1. The molecular weight excluding hydrogens is 272 g/mol. The Labute approximate surface area is 111 Å². The minimum Gasteiger partial charge on any atom is -0.478 e. The Morgan fingerprint density at radius 2 is 2.26 bits per heavy atom. The third-order valence-corrected chi connectivity index (χ3v) is 3.44. The first-order valence-corrected chi connectivity index (χ1v) is 5.95. The molecule has 2 heterocycles. The summed E-state index contributed by atoms with van der Waals surface area (Å²) in [4.78, 5) is 24.4. The minimum absolute atomic E-state index is 0.0394. The van der Waals surface area contributed by atoms with Crippen LogP contribution in [0, 0.1) is 6.92 Å². The molecule has 9 nitrogen and oxygen atoms in total. The molecule has 0 aromatic carbocycles. The SMILES string of the molecule is Cc1nsc(N(C)C(=O)Cn2cnnn2)c1C(=O)O. The molecule has 10 heteroatoms. The number of aromatic carboxylic acids is 1. The molecule has 0 atom stereocenters. The lowest BCUT2D eigenvalue weighted by atomic mass is 10.2. The van der Waals surface area contributed by atoms with Gasteiger partial charge in [0.05, 0.1) is 5.69 Å².